The molecule has 140 valence electrons. The molecule has 1 aromatic rings. The molecule has 1 fully saturated rings. The van der Waals surface area contributed by atoms with Crippen molar-refractivity contribution in [2.24, 2.45) is 0 Å². The zero-order valence-electron chi connectivity index (χ0n) is 13.4. The second-order valence-electron chi connectivity index (χ2n) is 5.88. The van der Waals surface area contributed by atoms with Crippen LogP contribution in [0.25, 0.3) is 0 Å². The Balaban J connectivity index is 1.79. The Hall–Kier alpha value is -1.90. The van der Waals surface area contributed by atoms with Crippen LogP contribution >= 0.6 is 0 Å². The normalized spacial score (nSPS) is 18.5. The Labute approximate surface area is 141 Å². The van der Waals surface area contributed by atoms with Crippen LogP contribution in [0.5, 0.6) is 0 Å². The molecular weight excluding hydrogens is 347 g/mol. The number of piperidine rings is 1. The molecule has 25 heavy (non-hydrogen) atoms. The first-order valence-corrected chi connectivity index (χ1v) is 7.81. The molecule has 9 heteroatoms. The lowest BCUT2D eigenvalue weighted by atomic mass is 10.1. The molecule has 0 bridgehead atoms. The highest BCUT2D eigenvalue weighted by atomic mass is 19.3. The fraction of sp³-hybridized carbons (Fsp3) is 0.562. The van der Waals surface area contributed by atoms with Crippen LogP contribution in [0.3, 0.4) is 0 Å². The second-order valence-corrected chi connectivity index (χ2v) is 5.88. The molecule has 1 unspecified atom stereocenters. The molecule has 1 aliphatic rings. The molecule has 0 aliphatic carbocycles. The van der Waals surface area contributed by atoms with Gasteiger partial charge in [0.25, 0.3) is 0 Å². The van der Waals surface area contributed by atoms with Crippen molar-refractivity contribution in [2.75, 3.05) is 31.6 Å². The van der Waals surface area contributed by atoms with Crippen molar-refractivity contribution in [1.82, 2.24) is 4.90 Å². The third-order valence-corrected chi connectivity index (χ3v) is 3.83. The van der Waals surface area contributed by atoms with E-state index in [1.54, 1.807) is 12.1 Å². The van der Waals surface area contributed by atoms with Crippen molar-refractivity contribution in [3.63, 3.8) is 0 Å². The number of halogens is 5. The Bertz CT molecular complexity index is 568. The molecule has 0 radical (unpaired) electrons. The predicted octanol–water partition coefficient (Wildman–Crippen LogP) is 3.15. The smallest absolute Gasteiger partial charge is 0.330 e. The first-order valence-electron chi connectivity index (χ1n) is 7.81. The average Bonchev–Trinajstić information content (AvgIpc) is 2.57. The molecule has 1 atom stereocenters. The van der Waals surface area contributed by atoms with Gasteiger partial charge in [-0.15, -0.1) is 0 Å². The summed E-state index contributed by atoms with van der Waals surface area (Å²) in [5, 5.41) is 3.17. The number of alkyl halides is 4. The highest BCUT2D eigenvalue weighted by molar-refractivity contribution is 5.77. The third-order valence-electron chi connectivity index (χ3n) is 3.83. The Morgan fingerprint density at radius 1 is 1.32 bits per heavy atom. The molecule has 0 spiro atoms. The summed E-state index contributed by atoms with van der Waals surface area (Å²) in [4.78, 5) is 13.4. The molecule has 1 amide bonds. The fourth-order valence-corrected chi connectivity index (χ4v) is 2.53. The van der Waals surface area contributed by atoms with Gasteiger partial charge in [-0.05, 0) is 37.1 Å². The number of nitrogens with zero attached hydrogens (tertiary/aromatic N) is 1. The van der Waals surface area contributed by atoms with E-state index in [0.717, 1.165) is 6.42 Å². The number of nitrogens with one attached hydrogen (secondary N) is 1. The van der Waals surface area contributed by atoms with Crippen LogP contribution in [0.4, 0.5) is 27.6 Å². The minimum absolute atomic E-state index is 0.0781. The van der Waals surface area contributed by atoms with Crippen molar-refractivity contribution in [2.45, 2.75) is 31.2 Å². The number of rotatable bonds is 7. The molecule has 1 aromatic carbocycles. The number of hydrogen-bond acceptors (Lipinski definition) is 3. The lowest BCUT2D eigenvalue weighted by Crippen LogP contribution is -2.46. The molecule has 0 saturated carbocycles. The van der Waals surface area contributed by atoms with Gasteiger partial charge in [-0.3, -0.25) is 4.79 Å². The van der Waals surface area contributed by atoms with E-state index in [9.17, 15) is 26.7 Å². The minimum Gasteiger partial charge on any atom is -0.381 e. The van der Waals surface area contributed by atoms with Crippen LogP contribution in [0, 0.1) is 5.82 Å². The lowest BCUT2D eigenvalue weighted by molar-refractivity contribution is -0.171. The van der Waals surface area contributed by atoms with E-state index in [1.165, 1.54) is 17.0 Å². The number of carbonyl (C=O) groups is 1. The summed E-state index contributed by atoms with van der Waals surface area (Å²) in [6.07, 6.45) is -2.36. The quantitative estimate of drug-likeness (QED) is 0.754. The largest absolute Gasteiger partial charge is 0.381 e. The molecule has 2 rings (SSSR count). The summed E-state index contributed by atoms with van der Waals surface area (Å²) in [5.41, 5.74) is 0.702. The summed E-state index contributed by atoms with van der Waals surface area (Å²) in [6, 6.07) is 5.69. The van der Waals surface area contributed by atoms with Gasteiger partial charge in [-0.25, -0.2) is 13.2 Å². The van der Waals surface area contributed by atoms with Gasteiger partial charge in [-0.2, -0.15) is 8.78 Å². The van der Waals surface area contributed by atoms with E-state index in [2.05, 4.69) is 10.1 Å². The molecule has 4 nitrogen and oxygen atoms in total. The van der Waals surface area contributed by atoms with Crippen LogP contribution in [0.15, 0.2) is 24.3 Å². The van der Waals surface area contributed by atoms with Gasteiger partial charge in [0.05, 0.1) is 0 Å². The maximum atomic E-state index is 12.9. The monoisotopic (exact) mass is 366 g/mol. The second kappa shape index (κ2) is 8.46. The van der Waals surface area contributed by atoms with Gasteiger partial charge in [0, 0.05) is 24.8 Å². The van der Waals surface area contributed by atoms with Gasteiger partial charge in [-0.1, -0.05) is 0 Å². The van der Waals surface area contributed by atoms with Crippen LogP contribution in [0.1, 0.15) is 12.8 Å². The summed E-state index contributed by atoms with van der Waals surface area (Å²) < 4.78 is 66.9. The van der Waals surface area contributed by atoms with Crippen molar-refractivity contribution in [3.8, 4) is 0 Å². The number of likely N-dealkylation sites (tertiary alicyclic amines) is 1. The molecule has 0 aromatic heterocycles. The lowest BCUT2D eigenvalue weighted by Gasteiger charge is -2.33. The minimum atomic E-state index is -4.27. The van der Waals surface area contributed by atoms with E-state index in [0.29, 0.717) is 25.2 Å². The Morgan fingerprint density at radius 3 is 2.64 bits per heavy atom. The molecule has 1 saturated heterocycles. The van der Waals surface area contributed by atoms with E-state index >= 15 is 0 Å². The average molecular weight is 366 g/mol. The van der Waals surface area contributed by atoms with Crippen LogP contribution in [-0.2, 0) is 9.53 Å². The van der Waals surface area contributed by atoms with Crippen molar-refractivity contribution >= 4 is 11.6 Å². The molecule has 1 aliphatic heterocycles. The van der Waals surface area contributed by atoms with Crippen molar-refractivity contribution < 1.29 is 31.5 Å². The van der Waals surface area contributed by atoms with Gasteiger partial charge in [0.1, 0.15) is 19.0 Å². The van der Waals surface area contributed by atoms with Crippen molar-refractivity contribution in [3.05, 3.63) is 30.1 Å². The standard InChI is InChI=1S/C16H19F5N2O2/c17-11-3-5-12(6-4-11)22-13-2-1-7-23(8-13)14(24)9-25-10-16(20,21)15(18)19/h3-6,13,15,22H,1-2,7-10H2. The maximum absolute atomic E-state index is 12.9. The summed E-state index contributed by atoms with van der Waals surface area (Å²) >= 11 is 0. The first kappa shape index (κ1) is 19.4. The number of hydrogen-bond donors (Lipinski definition) is 1. The van der Waals surface area contributed by atoms with Gasteiger partial charge < -0.3 is 15.0 Å². The number of amides is 1. The molecule has 1 heterocycles. The number of ether oxygens (including phenoxy) is 1. The first-order chi connectivity index (χ1) is 11.8. The summed E-state index contributed by atoms with van der Waals surface area (Å²) in [7, 11) is 0. The van der Waals surface area contributed by atoms with Gasteiger partial charge >= 0.3 is 12.3 Å². The number of benzene rings is 1. The predicted molar refractivity (Wildman–Crippen MR) is 81.4 cm³/mol. The number of carbonyl (C=O) groups excluding carboxylic acids is 1. The zero-order valence-corrected chi connectivity index (χ0v) is 13.4. The maximum Gasteiger partial charge on any atom is 0.330 e. The SMILES string of the molecule is O=C(COCC(F)(F)C(F)F)N1CCCC(Nc2ccc(F)cc2)C1. The van der Waals surface area contributed by atoms with Crippen molar-refractivity contribution in [1.29, 1.82) is 0 Å². The highest BCUT2D eigenvalue weighted by Crippen LogP contribution is 2.23. The van der Waals surface area contributed by atoms with Crippen LogP contribution in [-0.4, -0.2) is 55.5 Å². The Kier molecular flexibility index (Phi) is 6.57. The molecule has 1 N–H and O–H groups in total. The fourth-order valence-electron chi connectivity index (χ4n) is 2.53. The van der Waals surface area contributed by atoms with Crippen LogP contribution < -0.4 is 5.32 Å². The highest BCUT2D eigenvalue weighted by Gasteiger charge is 2.41. The van der Waals surface area contributed by atoms with Gasteiger partial charge in [0.15, 0.2) is 0 Å². The van der Waals surface area contributed by atoms with Crippen LogP contribution in [0.2, 0.25) is 0 Å². The van der Waals surface area contributed by atoms with E-state index < -0.39 is 31.5 Å². The molecular formula is C16H19F5N2O2. The van der Waals surface area contributed by atoms with E-state index in [-0.39, 0.29) is 11.9 Å². The van der Waals surface area contributed by atoms with Gasteiger partial charge in [0.2, 0.25) is 5.91 Å². The zero-order chi connectivity index (χ0) is 18.4. The topological polar surface area (TPSA) is 41.6 Å². The third kappa shape index (κ3) is 5.84. The summed E-state index contributed by atoms with van der Waals surface area (Å²) in [5.74, 6) is -5.16. The summed E-state index contributed by atoms with van der Waals surface area (Å²) in [6.45, 7) is -1.41. The number of anilines is 1. The van der Waals surface area contributed by atoms with E-state index in [1.807, 2.05) is 0 Å². The Morgan fingerprint density at radius 2 is 2.00 bits per heavy atom. The van der Waals surface area contributed by atoms with E-state index in [4.69, 9.17) is 0 Å².